The molecule has 4 rings (SSSR count). The molecule has 8 heteroatoms. The van der Waals surface area contributed by atoms with E-state index >= 15 is 0 Å². The Bertz CT molecular complexity index is 1010. The van der Waals surface area contributed by atoms with Crippen LogP contribution in [0.2, 0.25) is 5.02 Å². The topological polar surface area (TPSA) is 67.8 Å². The predicted octanol–water partition coefficient (Wildman–Crippen LogP) is 3.89. The Morgan fingerprint density at radius 1 is 0.967 bits per heavy atom. The van der Waals surface area contributed by atoms with Crippen molar-refractivity contribution in [2.24, 2.45) is 0 Å². The summed E-state index contributed by atoms with van der Waals surface area (Å²) in [6.45, 7) is 2.45. The van der Waals surface area contributed by atoms with Gasteiger partial charge in [0.25, 0.3) is 5.91 Å². The lowest BCUT2D eigenvalue weighted by atomic mass is 10.1. The number of anilines is 1. The second-order valence-corrected chi connectivity index (χ2v) is 7.21. The zero-order valence-electron chi connectivity index (χ0n) is 16.5. The molecule has 0 saturated carbocycles. The first kappa shape index (κ1) is 20.0. The number of nitrogens with zero attached hydrogens (tertiary/aromatic N) is 4. The molecule has 7 nitrogen and oxygen atoms in total. The maximum atomic E-state index is 12.9. The van der Waals surface area contributed by atoms with E-state index in [1.54, 1.807) is 36.3 Å². The highest BCUT2D eigenvalue weighted by Crippen LogP contribution is 2.25. The van der Waals surface area contributed by atoms with Crippen LogP contribution in [0.25, 0.3) is 0 Å². The largest absolute Gasteiger partial charge is 0.496 e. The van der Waals surface area contributed by atoms with E-state index in [9.17, 15) is 4.79 Å². The van der Waals surface area contributed by atoms with Crippen LogP contribution in [-0.2, 0) is 0 Å². The Balaban J connectivity index is 1.37. The molecule has 0 bridgehead atoms. The summed E-state index contributed by atoms with van der Waals surface area (Å²) >= 11 is 6.06. The Hall–Kier alpha value is -3.32. The van der Waals surface area contributed by atoms with Crippen LogP contribution in [0.3, 0.4) is 0 Å². The van der Waals surface area contributed by atoms with Crippen molar-refractivity contribution < 1.29 is 14.3 Å². The number of amides is 1. The molecular formula is C22H21ClN4O3. The van der Waals surface area contributed by atoms with E-state index in [-0.39, 0.29) is 5.91 Å². The lowest BCUT2D eigenvalue weighted by Crippen LogP contribution is -2.49. The third-order valence-corrected chi connectivity index (χ3v) is 5.11. The minimum atomic E-state index is -0.0910. The van der Waals surface area contributed by atoms with Gasteiger partial charge in [-0.3, -0.25) is 4.79 Å². The molecule has 0 N–H and O–H groups in total. The van der Waals surface area contributed by atoms with Crippen molar-refractivity contribution in [2.45, 2.75) is 0 Å². The zero-order valence-corrected chi connectivity index (χ0v) is 17.2. The van der Waals surface area contributed by atoms with E-state index < -0.39 is 0 Å². The standard InChI is InChI=1S/C22H21ClN4O3/c1-29-19-8-7-16(23)15-18(19)22(28)27-13-11-26(12-14-27)20-9-10-21(25-24-20)30-17-5-3-2-4-6-17/h2-10,15H,11-14H2,1H3. The molecule has 0 aliphatic carbocycles. The number of ether oxygens (including phenoxy) is 2. The van der Waals surface area contributed by atoms with Gasteiger partial charge in [-0.2, -0.15) is 0 Å². The normalized spacial score (nSPS) is 13.8. The van der Waals surface area contributed by atoms with Crippen molar-refractivity contribution in [3.05, 3.63) is 71.2 Å². The average Bonchev–Trinajstić information content (AvgIpc) is 2.80. The van der Waals surface area contributed by atoms with E-state index in [2.05, 4.69) is 15.1 Å². The minimum Gasteiger partial charge on any atom is -0.496 e. The molecule has 1 aliphatic heterocycles. The van der Waals surface area contributed by atoms with Crippen LogP contribution in [0.15, 0.2) is 60.7 Å². The fourth-order valence-electron chi connectivity index (χ4n) is 3.30. The highest BCUT2D eigenvalue weighted by molar-refractivity contribution is 6.31. The Labute approximate surface area is 179 Å². The summed E-state index contributed by atoms with van der Waals surface area (Å²) in [6.07, 6.45) is 0. The monoisotopic (exact) mass is 424 g/mol. The van der Waals surface area contributed by atoms with Crippen molar-refractivity contribution in [3.63, 3.8) is 0 Å². The second kappa shape index (κ2) is 9.00. The molecule has 2 aromatic carbocycles. The van der Waals surface area contributed by atoms with E-state index in [1.165, 1.54) is 0 Å². The molecule has 1 fully saturated rings. The third-order valence-electron chi connectivity index (χ3n) is 4.87. The maximum Gasteiger partial charge on any atom is 0.257 e. The molecule has 30 heavy (non-hydrogen) atoms. The quantitative estimate of drug-likeness (QED) is 0.619. The van der Waals surface area contributed by atoms with Gasteiger partial charge in [-0.1, -0.05) is 29.8 Å². The molecule has 1 amide bonds. The number of halogens is 1. The van der Waals surface area contributed by atoms with Crippen LogP contribution in [0.4, 0.5) is 5.82 Å². The number of aromatic nitrogens is 2. The first-order valence-electron chi connectivity index (χ1n) is 9.58. The lowest BCUT2D eigenvalue weighted by molar-refractivity contribution is 0.0743. The number of piperazine rings is 1. The van der Waals surface area contributed by atoms with Gasteiger partial charge in [0.05, 0.1) is 12.7 Å². The fourth-order valence-corrected chi connectivity index (χ4v) is 3.47. The van der Waals surface area contributed by atoms with Crippen LogP contribution < -0.4 is 14.4 Å². The summed E-state index contributed by atoms with van der Waals surface area (Å²) < 4.78 is 11.0. The van der Waals surface area contributed by atoms with Gasteiger partial charge >= 0.3 is 0 Å². The SMILES string of the molecule is COc1ccc(Cl)cc1C(=O)N1CCN(c2ccc(Oc3ccccc3)nn2)CC1. The van der Waals surface area contributed by atoms with Crippen LogP contribution in [0.1, 0.15) is 10.4 Å². The van der Waals surface area contributed by atoms with Crippen LogP contribution in [-0.4, -0.2) is 54.3 Å². The van der Waals surface area contributed by atoms with E-state index in [1.807, 2.05) is 36.4 Å². The highest BCUT2D eigenvalue weighted by atomic mass is 35.5. The number of hydrogen-bond acceptors (Lipinski definition) is 6. The smallest absolute Gasteiger partial charge is 0.257 e. The molecule has 154 valence electrons. The molecule has 3 aromatic rings. The zero-order chi connectivity index (χ0) is 20.9. The number of carbonyl (C=O) groups excluding carboxylic acids is 1. The molecular weight excluding hydrogens is 404 g/mol. The van der Waals surface area contributed by atoms with E-state index in [0.717, 1.165) is 5.82 Å². The third kappa shape index (κ3) is 4.46. The van der Waals surface area contributed by atoms with E-state index in [0.29, 0.717) is 54.1 Å². The number of methoxy groups -OCH3 is 1. The predicted molar refractivity (Wildman–Crippen MR) is 115 cm³/mol. The van der Waals surface area contributed by atoms with Gasteiger partial charge in [0.2, 0.25) is 5.88 Å². The van der Waals surface area contributed by atoms with Crippen molar-refractivity contribution in [1.82, 2.24) is 15.1 Å². The summed E-state index contributed by atoms with van der Waals surface area (Å²) in [6, 6.07) is 18.2. The van der Waals surface area contributed by atoms with Crippen molar-refractivity contribution in [2.75, 3.05) is 38.2 Å². The average molecular weight is 425 g/mol. The van der Waals surface area contributed by atoms with Gasteiger partial charge in [-0.05, 0) is 36.4 Å². The maximum absolute atomic E-state index is 12.9. The number of rotatable bonds is 5. The van der Waals surface area contributed by atoms with Gasteiger partial charge in [0.1, 0.15) is 11.5 Å². The van der Waals surface area contributed by atoms with Crippen LogP contribution in [0.5, 0.6) is 17.4 Å². The van der Waals surface area contributed by atoms with Crippen LogP contribution in [0, 0.1) is 0 Å². The highest BCUT2D eigenvalue weighted by Gasteiger charge is 2.25. The molecule has 1 aromatic heterocycles. The summed E-state index contributed by atoms with van der Waals surface area (Å²) in [4.78, 5) is 16.8. The first-order valence-corrected chi connectivity index (χ1v) is 9.96. The number of benzene rings is 2. The molecule has 0 atom stereocenters. The van der Waals surface area contributed by atoms with Crippen molar-refractivity contribution in [1.29, 1.82) is 0 Å². The molecule has 1 saturated heterocycles. The molecule has 0 spiro atoms. The summed E-state index contributed by atoms with van der Waals surface area (Å²) in [5.41, 5.74) is 0.473. The molecule has 1 aliphatic rings. The Kier molecular flexibility index (Phi) is 5.99. The fraction of sp³-hybridized carbons (Fsp3) is 0.227. The van der Waals surface area contributed by atoms with Gasteiger partial charge in [0.15, 0.2) is 5.82 Å². The molecule has 2 heterocycles. The summed E-state index contributed by atoms with van der Waals surface area (Å²) in [7, 11) is 1.54. The number of para-hydroxylation sites is 1. The van der Waals surface area contributed by atoms with Crippen molar-refractivity contribution in [3.8, 4) is 17.4 Å². The van der Waals surface area contributed by atoms with Gasteiger partial charge in [0, 0.05) is 37.3 Å². The summed E-state index contributed by atoms with van der Waals surface area (Å²) in [5.74, 6) is 2.33. The van der Waals surface area contributed by atoms with E-state index in [4.69, 9.17) is 21.1 Å². The summed E-state index contributed by atoms with van der Waals surface area (Å²) in [5, 5.41) is 8.94. The minimum absolute atomic E-state index is 0.0910. The van der Waals surface area contributed by atoms with Gasteiger partial charge in [-0.15, -0.1) is 10.2 Å². The molecule has 0 unspecified atom stereocenters. The van der Waals surface area contributed by atoms with Crippen molar-refractivity contribution >= 4 is 23.3 Å². The lowest BCUT2D eigenvalue weighted by Gasteiger charge is -2.35. The van der Waals surface area contributed by atoms with Gasteiger partial charge < -0.3 is 19.3 Å². The number of hydrogen-bond donors (Lipinski definition) is 0. The number of carbonyl (C=O) groups is 1. The Morgan fingerprint density at radius 3 is 2.40 bits per heavy atom. The molecule has 0 radical (unpaired) electrons. The van der Waals surface area contributed by atoms with Gasteiger partial charge in [-0.25, -0.2) is 0 Å². The Morgan fingerprint density at radius 2 is 1.73 bits per heavy atom. The first-order chi connectivity index (χ1) is 14.6. The van der Waals surface area contributed by atoms with Crippen LogP contribution >= 0.6 is 11.6 Å². The second-order valence-electron chi connectivity index (χ2n) is 6.77.